The summed E-state index contributed by atoms with van der Waals surface area (Å²) in [7, 11) is -2.85. The number of methoxy groups -OCH3 is 1. The molecule has 0 saturated heterocycles. The number of benzene rings is 3. The zero-order valence-electron chi connectivity index (χ0n) is 25.4. The van der Waals surface area contributed by atoms with Crippen molar-refractivity contribution >= 4 is 21.8 Å². The summed E-state index contributed by atoms with van der Waals surface area (Å²) in [5.41, 5.74) is 1.04. The standard InChI is InChI=1S/C33H31N5O7S/c1-33(2,3)22-15-17-23(18-16-22)46(41,42)38-28-27(44-25-14-9-8-13-24(25)43-4)31(37-30(36-28)29-34-19-10-20-35-29)45-26(32(39)40)21-11-6-5-7-12-21/h5-20,26H,1-4H3,(H,39,40)(H,36,37,38). The molecule has 3 aromatic carbocycles. The Bertz CT molecular complexity index is 1930. The van der Waals surface area contributed by atoms with E-state index in [4.69, 9.17) is 14.2 Å². The predicted octanol–water partition coefficient (Wildman–Crippen LogP) is 6.04. The third-order valence-corrected chi connectivity index (χ3v) is 8.05. The fourth-order valence-electron chi connectivity index (χ4n) is 4.32. The molecule has 2 heterocycles. The summed E-state index contributed by atoms with van der Waals surface area (Å²) >= 11 is 0. The lowest BCUT2D eigenvalue weighted by Crippen LogP contribution is -2.21. The molecular weight excluding hydrogens is 610 g/mol. The average molecular weight is 642 g/mol. The number of hydrogen-bond donors (Lipinski definition) is 2. The van der Waals surface area contributed by atoms with Crippen molar-refractivity contribution in [2.24, 2.45) is 0 Å². The number of nitrogens with one attached hydrogen (secondary N) is 1. The number of rotatable bonds is 11. The topological polar surface area (TPSA) is 163 Å². The summed E-state index contributed by atoms with van der Waals surface area (Å²) in [4.78, 5) is 29.6. The summed E-state index contributed by atoms with van der Waals surface area (Å²) < 4.78 is 47.7. The normalized spacial score (nSPS) is 12.2. The molecule has 46 heavy (non-hydrogen) atoms. The van der Waals surface area contributed by atoms with Crippen LogP contribution in [0.5, 0.6) is 23.1 Å². The molecule has 0 amide bonds. The fraction of sp³-hybridized carbons (Fsp3) is 0.182. The number of anilines is 1. The van der Waals surface area contributed by atoms with E-state index < -0.39 is 22.1 Å². The molecule has 0 spiro atoms. The van der Waals surface area contributed by atoms with Gasteiger partial charge in [-0.3, -0.25) is 4.72 Å². The molecule has 2 N–H and O–H groups in total. The lowest BCUT2D eigenvalue weighted by molar-refractivity contribution is -0.145. The van der Waals surface area contributed by atoms with Crippen LogP contribution in [-0.4, -0.2) is 46.5 Å². The quantitative estimate of drug-likeness (QED) is 0.173. The van der Waals surface area contributed by atoms with Gasteiger partial charge in [-0.1, -0.05) is 75.4 Å². The Morgan fingerprint density at radius 3 is 2.07 bits per heavy atom. The van der Waals surface area contributed by atoms with Crippen LogP contribution in [0.4, 0.5) is 5.82 Å². The van der Waals surface area contributed by atoms with Gasteiger partial charge in [0.1, 0.15) is 0 Å². The van der Waals surface area contributed by atoms with Crippen molar-refractivity contribution in [1.29, 1.82) is 0 Å². The van der Waals surface area contributed by atoms with Crippen LogP contribution in [0.25, 0.3) is 11.6 Å². The SMILES string of the molecule is COc1ccccc1Oc1c(NS(=O)(=O)c2ccc(C(C)(C)C)cc2)nc(-c2ncccn2)nc1OC(C(=O)O)c1ccccc1. The summed E-state index contributed by atoms with van der Waals surface area (Å²) in [5, 5.41) is 10.2. The van der Waals surface area contributed by atoms with Crippen LogP contribution in [0.15, 0.2) is 102 Å². The smallest absolute Gasteiger partial charge is 0.349 e. The highest BCUT2D eigenvalue weighted by atomic mass is 32.2. The third kappa shape index (κ3) is 7.21. The molecule has 0 saturated carbocycles. The molecule has 5 aromatic rings. The molecule has 1 unspecified atom stereocenters. The Morgan fingerprint density at radius 1 is 0.826 bits per heavy atom. The Balaban J connectivity index is 1.70. The van der Waals surface area contributed by atoms with Crippen molar-refractivity contribution in [3.63, 3.8) is 0 Å². The van der Waals surface area contributed by atoms with Gasteiger partial charge in [-0.05, 0) is 41.3 Å². The number of nitrogens with zero attached hydrogens (tertiary/aromatic N) is 4. The minimum absolute atomic E-state index is 0.0257. The summed E-state index contributed by atoms with van der Waals surface area (Å²) in [6.45, 7) is 6.06. The Kier molecular flexibility index (Phi) is 9.14. The third-order valence-electron chi connectivity index (χ3n) is 6.70. The number of aliphatic carboxylic acids is 1. The van der Waals surface area contributed by atoms with Crippen molar-refractivity contribution in [3.05, 3.63) is 108 Å². The van der Waals surface area contributed by atoms with Crippen molar-refractivity contribution < 1.29 is 32.5 Å². The van der Waals surface area contributed by atoms with Gasteiger partial charge < -0.3 is 19.3 Å². The lowest BCUT2D eigenvalue weighted by Gasteiger charge is -2.21. The van der Waals surface area contributed by atoms with E-state index in [0.717, 1.165) is 5.56 Å². The maximum atomic E-state index is 13.8. The second-order valence-electron chi connectivity index (χ2n) is 11.0. The van der Waals surface area contributed by atoms with E-state index in [1.54, 1.807) is 72.8 Å². The molecule has 12 nitrogen and oxygen atoms in total. The Hall–Kier alpha value is -5.56. The van der Waals surface area contributed by atoms with E-state index in [1.807, 2.05) is 20.8 Å². The van der Waals surface area contributed by atoms with Crippen LogP contribution in [0.1, 0.15) is 38.0 Å². The average Bonchev–Trinajstić information content (AvgIpc) is 3.05. The maximum Gasteiger partial charge on any atom is 0.349 e. The first-order valence-corrected chi connectivity index (χ1v) is 15.5. The van der Waals surface area contributed by atoms with Crippen LogP contribution < -0.4 is 18.9 Å². The molecule has 236 valence electrons. The highest BCUT2D eigenvalue weighted by Gasteiger charge is 2.30. The van der Waals surface area contributed by atoms with Gasteiger partial charge in [0.25, 0.3) is 15.9 Å². The number of sulfonamides is 1. The number of carboxylic acid groups (broad SMARTS) is 1. The maximum absolute atomic E-state index is 13.8. The number of aromatic nitrogens is 4. The largest absolute Gasteiger partial charge is 0.493 e. The molecule has 2 aromatic heterocycles. The molecule has 0 bridgehead atoms. The summed E-state index contributed by atoms with van der Waals surface area (Å²) in [6.07, 6.45) is 1.35. The molecule has 0 aliphatic carbocycles. The van der Waals surface area contributed by atoms with E-state index in [9.17, 15) is 18.3 Å². The van der Waals surface area contributed by atoms with Crippen LogP contribution in [0.2, 0.25) is 0 Å². The van der Waals surface area contributed by atoms with Gasteiger partial charge in [0, 0.05) is 18.0 Å². The number of para-hydroxylation sites is 2. The molecule has 5 rings (SSSR count). The Morgan fingerprint density at radius 2 is 1.46 bits per heavy atom. The first kappa shape index (κ1) is 31.9. The number of carbonyl (C=O) groups is 1. The minimum atomic E-state index is -4.28. The molecule has 1 atom stereocenters. The van der Waals surface area contributed by atoms with Gasteiger partial charge in [0.15, 0.2) is 23.1 Å². The van der Waals surface area contributed by atoms with Gasteiger partial charge >= 0.3 is 5.97 Å². The number of hydrogen-bond acceptors (Lipinski definition) is 10. The second kappa shape index (κ2) is 13.2. The van der Waals surface area contributed by atoms with Crippen LogP contribution in [0.3, 0.4) is 0 Å². The van der Waals surface area contributed by atoms with E-state index in [0.29, 0.717) is 11.3 Å². The van der Waals surface area contributed by atoms with Gasteiger partial charge in [-0.25, -0.2) is 28.2 Å². The van der Waals surface area contributed by atoms with E-state index in [-0.39, 0.29) is 45.2 Å². The molecule has 0 fully saturated rings. The second-order valence-corrected chi connectivity index (χ2v) is 12.7. The number of ether oxygens (including phenoxy) is 3. The molecule has 0 radical (unpaired) electrons. The van der Waals surface area contributed by atoms with E-state index >= 15 is 0 Å². The zero-order valence-corrected chi connectivity index (χ0v) is 26.2. The van der Waals surface area contributed by atoms with Crippen molar-refractivity contribution in [2.45, 2.75) is 37.2 Å². The summed E-state index contributed by atoms with van der Waals surface area (Å²) in [6, 6.07) is 22.8. The van der Waals surface area contributed by atoms with Crippen LogP contribution in [0, 0.1) is 0 Å². The lowest BCUT2D eigenvalue weighted by atomic mass is 9.87. The first-order chi connectivity index (χ1) is 22.0. The van der Waals surface area contributed by atoms with Crippen molar-refractivity contribution in [1.82, 2.24) is 19.9 Å². The molecule has 0 aliphatic rings. The van der Waals surface area contributed by atoms with E-state index in [1.165, 1.54) is 31.6 Å². The molecular formula is C33H31N5O7S. The molecule has 13 heteroatoms. The van der Waals surface area contributed by atoms with Gasteiger partial charge in [0.05, 0.1) is 12.0 Å². The Labute approximate surface area is 266 Å². The van der Waals surface area contributed by atoms with E-state index in [2.05, 4.69) is 24.7 Å². The fourth-order valence-corrected chi connectivity index (χ4v) is 5.32. The summed E-state index contributed by atoms with van der Waals surface area (Å²) in [5.74, 6) is -2.06. The van der Waals surface area contributed by atoms with Crippen molar-refractivity contribution in [2.75, 3.05) is 11.8 Å². The zero-order chi connectivity index (χ0) is 32.9. The first-order valence-electron chi connectivity index (χ1n) is 14.0. The monoisotopic (exact) mass is 641 g/mol. The minimum Gasteiger partial charge on any atom is -0.493 e. The van der Waals surface area contributed by atoms with Crippen molar-refractivity contribution in [3.8, 4) is 34.8 Å². The van der Waals surface area contributed by atoms with Gasteiger partial charge in [-0.2, -0.15) is 4.98 Å². The highest BCUT2D eigenvalue weighted by Crippen LogP contribution is 2.43. The van der Waals surface area contributed by atoms with Gasteiger partial charge in [-0.15, -0.1) is 0 Å². The highest BCUT2D eigenvalue weighted by molar-refractivity contribution is 7.92. The van der Waals surface area contributed by atoms with Gasteiger partial charge in [0.2, 0.25) is 17.7 Å². The molecule has 0 aliphatic heterocycles. The van der Waals surface area contributed by atoms with Crippen LogP contribution in [-0.2, 0) is 20.2 Å². The number of carboxylic acids is 1. The predicted molar refractivity (Wildman–Crippen MR) is 170 cm³/mol. The van der Waals surface area contributed by atoms with Crippen LogP contribution >= 0.6 is 0 Å².